The van der Waals surface area contributed by atoms with Crippen LogP contribution in [0.3, 0.4) is 0 Å². The average Bonchev–Trinajstić information content (AvgIpc) is 2.20. The first-order valence-corrected chi connectivity index (χ1v) is 4.01. The smallest absolute Gasteiger partial charge is 0.336 e. The van der Waals surface area contributed by atoms with E-state index in [0.717, 1.165) is 0 Å². The molecule has 0 spiro atoms. The third-order valence-corrected chi connectivity index (χ3v) is 2.57. The molecule has 2 aliphatic rings. The molecule has 2 saturated heterocycles. The molecule has 0 radical (unpaired) electrons. The van der Waals surface area contributed by atoms with Gasteiger partial charge in [0, 0.05) is 5.88 Å². The van der Waals surface area contributed by atoms with Crippen molar-refractivity contribution in [2.45, 2.75) is 11.8 Å². The Morgan fingerprint density at radius 3 is 2.75 bits per heavy atom. The van der Waals surface area contributed by atoms with Crippen molar-refractivity contribution in [3.63, 3.8) is 0 Å². The summed E-state index contributed by atoms with van der Waals surface area (Å²) in [6, 6.07) is -0.700. The molecule has 2 aliphatic heterocycles. The van der Waals surface area contributed by atoms with Gasteiger partial charge in [0.15, 0.2) is 6.04 Å². The number of amides is 1. The van der Waals surface area contributed by atoms with E-state index in [0.29, 0.717) is 0 Å². The Morgan fingerprint density at radius 1 is 1.67 bits per heavy atom. The van der Waals surface area contributed by atoms with Crippen molar-refractivity contribution >= 4 is 23.5 Å². The lowest BCUT2D eigenvalue weighted by molar-refractivity contribution is -0.199. The standard InChI is InChI=1S/C6H7ClN2O3/c7-1-2-4(10)9-3-5(11)12-6(2,3)8/h2-3H,1,8H2,(H,9,10)/t2-,3-,6-/m0/s1. The Labute approximate surface area is 73.2 Å². The molecule has 3 atom stereocenters. The van der Waals surface area contributed by atoms with Crippen molar-refractivity contribution in [2.24, 2.45) is 11.7 Å². The van der Waals surface area contributed by atoms with Crippen LogP contribution in [0.5, 0.6) is 0 Å². The van der Waals surface area contributed by atoms with Gasteiger partial charge in [0.1, 0.15) is 5.92 Å². The van der Waals surface area contributed by atoms with Crippen molar-refractivity contribution < 1.29 is 14.3 Å². The highest BCUT2D eigenvalue weighted by Gasteiger charge is 2.66. The summed E-state index contributed by atoms with van der Waals surface area (Å²) < 4.78 is 4.70. The van der Waals surface area contributed by atoms with Crippen LogP contribution in [-0.2, 0) is 14.3 Å². The summed E-state index contributed by atoms with van der Waals surface area (Å²) in [5.74, 6) is -1.37. The van der Waals surface area contributed by atoms with Crippen LogP contribution in [0.4, 0.5) is 0 Å². The summed E-state index contributed by atoms with van der Waals surface area (Å²) in [5, 5.41) is 2.42. The van der Waals surface area contributed by atoms with Gasteiger partial charge in [0.2, 0.25) is 11.6 Å². The minimum Gasteiger partial charge on any atom is -0.439 e. The highest BCUT2D eigenvalue weighted by atomic mass is 35.5. The fourth-order valence-corrected chi connectivity index (χ4v) is 1.88. The maximum Gasteiger partial charge on any atom is 0.336 e. The molecule has 1 amide bonds. The first kappa shape index (κ1) is 7.82. The SMILES string of the molecule is N[C@@]12OC(=O)[C@@H]1NC(=O)[C@@H]2CCl. The van der Waals surface area contributed by atoms with Gasteiger partial charge in [0.25, 0.3) is 0 Å². The zero-order valence-electron chi connectivity index (χ0n) is 6.04. The summed E-state index contributed by atoms with van der Waals surface area (Å²) in [7, 11) is 0. The molecule has 66 valence electrons. The Morgan fingerprint density at radius 2 is 2.33 bits per heavy atom. The first-order valence-electron chi connectivity index (χ1n) is 3.47. The lowest BCUT2D eigenvalue weighted by Gasteiger charge is -2.40. The lowest BCUT2D eigenvalue weighted by Crippen LogP contribution is -2.70. The molecular formula is C6H7ClN2O3. The van der Waals surface area contributed by atoms with Gasteiger partial charge in [-0.1, -0.05) is 0 Å². The van der Waals surface area contributed by atoms with Crippen molar-refractivity contribution in [3.05, 3.63) is 0 Å². The highest BCUT2D eigenvalue weighted by Crippen LogP contribution is 2.36. The monoisotopic (exact) mass is 190 g/mol. The van der Waals surface area contributed by atoms with Crippen LogP contribution >= 0.6 is 11.6 Å². The highest BCUT2D eigenvalue weighted by molar-refractivity contribution is 6.20. The van der Waals surface area contributed by atoms with Gasteiger partial charge in [-0.05, 0) is 0 Å². The van der Waals surface area contributed by atoms with Gasteiger partial charge in [0.05, 0.1) is 0 Å². The summed E-state index contributed by atoms with van der Waals surface area (Å²) in [6.07, 6.45) is 0. The maximum atomic E-state index is 11.1. The molecule has 0 aromatic carbocycles. The van der Waals surface area contributed by atoms with E-state index in [1.807, 2.05) is 0 Å². The van der Waals surface area contributed by atoms with Gasteiger partial charge in [-0.2, -0.15) is 0 Å². The molecular weight excluding hydrogens is 184 g/mol. The third kappa shape index (κ3) is 0.676. The lowest BCUT2D eigenvalue weighted by atomic mass is 9.91. The molecule has 0 bridgehead atoms. The first-order chi connectivity index (χ1) is 5.59. The number of hydrogen-bond donors (Lipinski definition) is 2. The predicted molar refractivity (Wildman–Crippen MR) is 39.2 cm³/mol. The van der Waals surface area contributed by atoms with Crippen molar-refractivity contribution in [1.82, 2.24) is 5.32 Å². The summed E-state index contributed by atoms with van der Waals surface area (Å²) in [6.45, 7) is 0. The predicted octanol–water partition coefficient (Wildman–Crippen LogP) is -1.45. The summed E-state index contributed by atoms with van der Waals surface area (Å²) in [5.41, 5.74) is 4.43. The number of carbonyl (C=O) groups is 2. The number of alkyl halides is 1. The fraction of sp³-hybridized carbons (Fsp3) is 0.667. The zero-order chi connectivity index (χ0) is 8.93. The van der Waals surface area contributed by atoms with Crippen LogP contribution in [0.15, 0.2) is 0 Å². The quantitative estimate of drug-likeness (QED) is 0.392. The molecule has 12 heavy (non-hydrogen) atoms. The normalized spacial score (nSPS) is 44.5. The molecule has 6 heteroatoms. The molecule has 0 aliphatic carbocycles. The number of rotatable bonds is 1. The second-order valence-corrected chi connectivity index (χ2v) is 3.23. The minimum absolute atomic E-state index is 0.0616. The summed E-state index contributed by atoms with van der Waals surface area (Å²) in [4.78, 5) is 21.9. The van der Waals surface area contributed by atoms with Crippen molar-refractivity contribution in [1.29, 1.82) is 0 Å². The van der Waals surface area contributed by atoms with Gasteiger partial charge in [-0.3, -0.25) is 10.5 Å². The van der Waals surface area contributed by atoms with Gasteiger partial charge in [-0.25, -0.2) is 4.79 Å². The van der Waals surface area contributed by atoms with Crippen LogP contribution in [0.1, 0.15) is 0 Å². The Kier molecular flexibility index (Phi) is 1.38. The average molecular weight is 191 g/mol. The molecule has 2 heterocycles. The fourth-order valence-electron chi connectivity index (χ4n) is 1.50. The number of halogens is 1. The second kappa shape index (κ2) is 2.11. The number of hydrogen-bond acceptors (Lipinski definition) is 4. The van der Waals surface area contributed by atoms with E-state index in [2.05, 4.69) is 5.32 Å². The number of esters is 1. The van der Waals surface area contributed by atoms with Crippen LogP contribution in [-0.4, -0.2) is 29.5 Å². The van der Waals surface area contributed by atoms with Crippen LogP contribution in [0.25, 0.3) is 0 Å². The van der Waals surface area contributed by atoms with E-state index in [1.165, 1.54) is 0 Å². The largest absolute Gasteiger partial charge is 0.439 e. The molecule has 0 aromatic heterocycles. The molecule has 2 fully saturated rings. The maximum absolute atomic E-state index is 11.1. The van der Waals surface area contributed by atoms with E-state index >= 15 is 0 Å². The van der Waals surface area contributed by atoms with E-state index in [1.54, 1.807) is 0 Å². The van der Waals surface area contributed by atoms with Crippen LogP contribution in [0.2, 0.25) is 0 Å². The number of nitrogens with two attached hydrogens (primary N) is 1. The number of carbonyl (C=O) groups excluding carboxylic acids is 2. The Balaban J connectivity index is 2.29. The molecule has 5 nitrogen and oxygen atoms in total. The third-order valence-electron chi connectivity index (χ3n) is 2.27. The van der Waals surface area contributed by atoms with E-state index in [4.69, 9.17) is 22.1 Å². The Hall–Kier alpha value is -0.810. The van der Waals surface area contributed by atoms with E-state index in [9.17, 15) is 9.59 Å². The molecule has 0 saturated carbocycles. The molecule has 0 unspecified atom stereocenters. The van der Waals surface area contributed by atoms with Gasteiger partial charge >= 0.3 is 5.97 Å². The van der Waals surface area contributed by atoms with Crippen LogP contribution < -0.4 is 11.1 Å². The molecule has 0 aromatic rings. The van der Waals surface area contributed by atoms with Crippen molar-refractivity contribution in [3.8, 4) is 0 Å². The van der Waals surface area contributed by atoms with E-state index < -0.39 is 23.7 Å². The summed E-state index contributed by atoms with van der Waals surface area (Å²) >= 11 is 5.50. The number of nitrogens with one attached hydrogen (secondary N) is 1. The molecule has 3 N–H and O–H groups in total. The Bertz CT molecular complexity index is 270. The van der Waals surface area contributed by atoms with Crippen LogP contribution in [0, 0.1) is 5.92 Å². The number of ether oxygens (including phenoxy) is 1. The number of fused-ring (bicyclic) bond motifs is 1. The van der Waals surface area contributed by atoms with Gasteiger partial charge in [-0.15, -0.1) is 11.6 Å². The molecule has 2 rings (SSSR count). The van der Waals surface area contributed by atoms with E-state index in [-0.39, 0.29) is 11.8 Å². The zero-order valence-corrected chi connectivity index (χ0v) is 6.80. The minimum atomic E-state index is -1.20. The van der Waals surface area contributed by atoms with Crippen molar-refractivity contribution in [2.75, 3.05) is 5.88 Å². The topological polar surface area (TPSA) is 81.4 Å². The second-order valence-electron chi connectivity index (χ2n) is 2.92. The van der Waals surface area contributed by atoms with Gasteiger partial charge < -0.3 is 10.1 Å².